The molecule has 0 aliphatic rings. The van der Waals surface area contributed by atoms with E-state index < -0.39 is 0 Å². The number of nitrogens with zero attached hydrogens (tertiary/aromatic N) is 4. The summed E-state index contributed by atoms with van der Waals surface area (Å²) in [5, 5.41) is 9.48. The quantitative estimate of drug-likeness (QED) is 0.739. The Labute approximate surface area is 119 Å². The molecule has 1 atom stereocenters. The molecule has 0 radical (unpaired) electrons. The fraction of sp³-hybridized carbons (Fsp3) is 0.286. The Morgan fingerprint density at radius 3 is 2.90 bits per heavy atom. The molecule has 7 heteroatoms. The molecule has 0 spiro atoms. The number of hydrogen-bond donors (Lipinski definition) is 1. The minimum atomic E-state index is -0.258. The molecule has 0 amide bonds. The smallest absolute Gasteiger partial charge is 0.281 e. The number of aliphatic hydroxyl groups is 1. The van der Waals surface area contributed by atoms with Gasteiger partial charge in [-0.3, -0.25) is 9.36 Å². The van der Waals surface area contributed by atoms with Crippen LogP contribution >= 0.6 is 0 Å². The van der Waals surface area contributed by atoms with Crippen molar-refractivity contribution in [3.05, 3.63) is 53.2 Å². The van der Waals surface area contributed by atoms with Crippen LogP contribution in [0.25, 0.3) is 11.2 Å². The first kappa shape index (κ1) is 13.4. The second kappa shape index (κ2) is 5.84. The Balaban J connectivity index is 1.86. The lowest BCUT2D eigenvalue weighted by Crippen LogP contribution is -2.27. The number of rotatable bonds is 5. The summed E-state index contributed by atoms with van der Waals surface area (Å²) >= 11 is 0. The molecular formula is C14H14N4O3. The Hall–Kier alpha value is -2.54. The summed E-state index contributed by atoms with van der Waals surface area (Å²) in [6.45, 7) is 0.293. The lowest BCUT2D eigenvalue weighted by molar-refractivity contribution is 0.203. The van der Waals surface area contributed by atoms with Crippen molar-refractivity contribution in [3.63, 3.8) is 0 Å². The van der Waals surface area contributed by atoms with Crippen molar-refractivity contribution < 1.29 is 9.52 Å². The zero-order valence-corrected chi connectivity index (χ0v) is 11.2. The van der Waals surface area contributed by atoms with E-state index in [1.165, 1.54) is 23.3 Å². The maximum atomic E-state index is 12.3. The Morgan fingerprint density at radius 2 is 2.14 bits per heavy atom. The van der Waals surface area contributed by atoms with Crippen LogP contribution in [0.2, 0.25) is 0 Å². The second-order valence-corrected chi connectivity index (χ2v) is 4.76. The summed E-state index contributed by atoms with van der Waals surface area (Å²) in [5.74, 6) is 0.639. The van der Waals surface area contributed by atoms with Crippen LogP contribution < -0.4 is 5.56 Å². The van der Waals surface area contributed by atoms with Gasteiger partial charge in [0.05, 0.1) is 6.26 Å². The molecule has 0 saturated heterocycles. The first-order chi connectivity index (χ1) is 10.3. The molecule has 0 aliphatic heterocycles. The largest absolute Gasteiger partial charge is 0.469 e. The van der Waals surface area contributed by atoms with E-state index in [2.05, 4.69) is 15.0 Å². The fourth-order valence-corrected chi connectivity index (χ4v) is 2.20. The van der Waals surface area contributed by atoms with Crippen LogP contribution in [0.4, 0.5) is 0 Å². The summed E-state index contributed by atoms with van der Waals surface area (Å²) < 4.78 is 6.71. The summed E-state index contributed by atoms with van der Waals surface area (Å²) in [4.78, 5) is 24.4. The van der Waals surface area contributed by atoms with Gasteiger partial charge in [-0.05, 0) is 12.1 Å². The number of hydrogen-bond acceptors (Lipinski definition) is 6. The third-order valence-corrected chi connectivity index (χ3v) is 3.24. The molecule has 7 nitrogen and oxygen atoms in total. The molecule has 0 aromatic carbocycles. The van der Waals surface area contributed by atoms with Crippen LogP contribution in [0.1, 0.15) is 5.76 Å². The predicted molar refractivity (Wildman–Crippen MR) is 74.6 cm³/mol. The molecule has 3 rings (SSSR count). The Bertz CT molecular complexity index is 782. The van der Waals surface area contributed by atoms with E-state index in [1.54, 1.807) is 12.3 Å². The first-order valence-corrected chi connectivity index (χ1v) is 6.57. The maximum absolute atomic E-state index is 12.3. The highest BCUT2D eigenvalue weighted by atomic mass is 16.3. The second-order valence-electron chi connectivity index (χ2n) is 4.76. The summed E-state index contributed by atoms with van der Waals surface area (Å²) in [6, 6.07) is 3.64. The van der Waals surface area contributed by atoms with E-state index in [0.717, 1.165) is 5.76 Å². The maximum Gasteiger partial charge on any atom is 0.281 e. The van der Waals surface area contributed by atoms with Crippen LogP contribution in [0, 0.1) is 5.92 Å². The monoisotopic (exact) mass is 286 g/mol. The van der Waals surface area contributed by atoms with Crippen molar-refractivity contribution in [2.24, 2.45) is 5.92 Å². The van der Waals surface area contributed by atoms with E-state index in [0.29, 0.717) is 18.6 Å². The molecule has 3 aromatic rings. The molecule has 0 fully saturated rings. The van der Waals surface area contributed by atoms with Gasteiger partial charge in [0.2, 0.25) is 0 Å². The van der Waals surface area contributed by atoms with Crippen molar-refractivity contribution in [2.75, 3.05) is 6.61 Å². The molecule has 1 N–H and O–H groups in total. The molecule has 0 saturated carbocycles. The number of aromatic nitrogens is 4. The topological polar surface area (TPSA) is 94.0 Å². The summed E-state index contributed by atoms with van der Waals surface area (Å²) in [7, 11) is 0. The van der Waals surface area contributed by atoms with E-state index in [4.69, 9.17) is 4.42 Å². The standard InChI is InChI=1S/C14H14N4O3/c19-8-10(6-11-2-1-5-21-11)7-18-9-17-13-12(14(18)20)15-3-4-16-13/h1-5,9-10,19H,6-8H2/t10-/m0/s1. The third kappa shape index (κ3) is 2.82. The average Bonchev–Trinajstić information content (AvgIpc) is 3.02. The van der Waals surface area contributed by atoms with Gasteiger partial charge in [-0.15, -0.1) is 0 Å². The molecular weight excluding hydrogens is 272 g/mol. The molecule has 3 aromatic heterocycles. The predicted octanol–water partition coefficient (Wildman–Crippen LogP) is 0.631. The van der Waals surface area contributed by atoms with E-state index in [1.807, 2.05) is 6.07 Å². The van der Waals surface area contributed by atoms with Crippen molar-refractivity contribution in [2.45, 2.75) is 13.0 Å². The average molecular weight is 286 g/mol. The molecule has 0 aliphatic carbocycles. The van der Waals surface area contributed by atoms with Crippen LogP contribution in [-0.4, -0.2) is 31.2 Å². The number of aliphatic hydroxyl groups excluding tert-OH is 1. The Kier molecular flexibility index (Phi) is 3.74. The normalized spacial score (nSPS) is 12.6. The van der Waals surface area contributed by atoms with Crippen molar-refractivity contribution in [1.82, 2.24) is 19.5 Å². The SMILES string of the molecule is O=c1c2nccnc2ncn1C[C@@H](CO)Cc1ccco1. The van der Waals surface area contributed by atoms with E-state index in [9.17, 15) is 9.90 Å². The van der Waals surface area contributed by atoms with Gasteiger partial charge in [0.15, 0.2) is 11.2 Å². The summed E-state index contributed by atoms with van der Waals surface area (Å²) in [5.41, 5.74) is 0.297. The molecule has 108 valence electrons. The van der Waals surface area contributed by atoms with Gasteiger partial charge >= 0.3 is 0 Å². The highest BCUT2D eigenvalue weighted by Gasteiger charge is 2.14. The third-order valence-electron chi connectivity index (χ3n) is 3.24. The molecule has 3 heterocycles. The van der Waals surface area contributed by atoms with Gasteiger partial charge in [-0.1, -0.05) is 0 Å². The van der Waals surface area contributed by atoms with Gasteiger partial charge in [0.25, 0.3) is 5.56 Å². The van der Waals surface area contributed by atoms with Crippen molar-refractivity contribution in [1.29, 1.82) is 0 Å². The van der Waals surface area contributed by atoms with Crippen LogP contribution in [0.15, 0.2) is 46.3 Å². The minimum Gasteiger partial charge on any atom is -0.469 e. The van der Waals surface area contributed by atoms with Gasteiger partial charge < -0.3 is 9.52 Å². The highest BCUT2D eigenvalue weighted by Crippen LogP contribution is 2.11. The highest BCUT2D eigenvalue weighted by molar-refractivity contribution is 5.66. The van der Waals surface area contributed by atoms with Crippen LogP contribution in [0.3, 0.4) is 0 Å². The number of furan rings is 1. The van der Waals surface area contributed by atoms with Gasteiger partial charge in [0.1, 0.15) is 12.1 Å². The van der Waals surface area contributed by atoms with Crippen molar-refractivity contribution >= 4 is 11.2 Å². The molecule has 0 unspecified atom stereocenters. The van der Waals surface area contributed by atoms with Crippen LogP contribution in [-0.2, 0) is 13.0 Å². The fourth-order valence-electron chi connectivity index (χ4n) is 2.20. The van der Waals surface area contributed by atoms with Gasteiger partial charge in [-0.25, -0.2) is 15.0 Å². The van der Waals surface area contributed by atoms with Crippen LogP contribution in [0.5, 0.6) is 0 Å². The van der Waals surface area contributed by atoms with E-state index >= 15 is 0 Å². The molecule has 21 heavy (non-hydrogen) atoms. The first-order valence-electron chi connectivity index (χ1n) is 6.57. The van der Waals surface area contributed by atoms with Gasteiger partial charge in [-0.2, -0.15) is 0 Å². The zero-order valence-electron chi connectivity index (χ0n) is 11.2. The Morgan fingerprint density at radius 1 is 1.29 bits per heavy atom. The van der Waals surface area contributed by atoms with Gasteiger partial charge in [0, 0.05) is 37.9 Å². The lowest BCUT2D eigenvalue weighted by atomic mass is 10.1. The zero-order chi connectivity index (χ0) is 14.7. The molecule has 0 bridgehead atoms. The van der Waals surface area contributed by atoms with Crippen molar-refractivity contribution in [3.8, 4) is 0 Å². The number of fused-ring (bicyclic) bond motifs is 1. The lowest BCUT2D eigenvalue weighted by Gasteiger charge is -2.14. The van der Waals surface area contributed by atoms with E-state index in [-0.39, 0.29) is 23.6 Å². The minimum absolute atomic E-state index is 0.0500. The summed E-state index contributed by atoms with van der Waals surface area (Å²) in [6.07, 6.45) is 6.52.